The molecule has 6 heteroatoms. The molecule has 27 heavy (non-hydrogen) atoms. The fourth-order valence-corrected chi connectivity index (χ4v) is 2.59. The van der Waals surface area contributed by atoms with E-state index in [1.807, 2.05) is 49.4 Å². The van der Waals surface area contributed by atoms with Gasteiger partial charge in [-0.3, -0.25) is 9.79 Å². The summed E-state index contributed by atoms with van der Waals surface area (Å²) in [6.07, 6.45) is 0.797. The normalized spacial score (nSPS) is 11.0. The third-order valence-electron chi connectivity index (χ3n) is 3.93. The van der Waals surface area contributed by atoms with Gasteiger partial charge in [0.1, 0.15) is 5.75 Å². The zero-order valence-corrected chi connectivity index (χ0v) is 16.0. The molecule has 0 spiro atoms. The van der Waals surface area contributed by atoms with Crippen LogP contribution in [-0.2, 0) is 6.42 Å². The van der Waals surface area contributed by atoms with Gasteiger partial charge in [0.25, 0.3) is 5.91 Å². The van der Waals surface area contributed by atoms with Crippen LogP contribution in [0.4, 0.5) is 0 Å². The van der Waals surface area contributed by atoms with Crippen LogP contribution in [0.15, 0.2) is 59.6 Å². The molecule has 0 aromatic heterocycles. The van der Waals surface area contributed by atoms with Crippen molar-refractivity contribution < 1.29 is 9.53 Å². The molecule has 0 atom stereocenters. The maximum Gasteiger partial charge on any atom is 0.251 e. The smallest absolute Gasteiger partial charge is 0.251 e. The molecule has 0 bridgehead atoms. The number of aliphatic imine (C=N–C) groups is 1. The Morgan fingerprint density at radius 1 is 0.963 bits per heavy atom. The first-order valence-electron chi connectivity index (χ1n) is 9.22. The Kier molecular flexibility index (Phi) is 8.69. The second-order valence-corrected chi connectivity index (χ2v) is 5.87. The number of guanidine groups is 1. The number of nitrogens with zero attached hydrogens (tertiary/aromatic N) is 1. The van der Waals surface area contributed by atoms with Crippen molar-refractivity contribution in [1.82, 2.24) is 16.0 Å². The number of benzene rings is 2. The van der Waals surface area contributed by atoms with Crippen molar-refractivity contribution in [1.29, 1.82) is 0 Å². The van der Waals surface area contributed by atoms with Crippen LogP contribution in [0.3, 0.4) is 0 Å². The van der Waals surface area contributed by atoms with Crippen molar-refractivity contribution in [2.75, 3.05) is 33.3 Å². The van der Waals surface area contributed by atoms with Gasteiger partial charge < -0.3 is 20.7 Å². The zero-order valence-electron chi connectivity index (χ0n) is 16.0. The second-order valence-electron chi connectivity index (χ2n) is 5.87. The van der Waals surface area contributed by atoms with Gasteiger partial charge in [0.2, 0.25) is 0 Å². The van der Waals surface area contributed by atoms with Crippen LogP contribution in [0.5, 0.6) is 5.75 Å². The first-order valence-corrected chi connectivity index (χ1v) is 9.22. The van der Waals surface area contributed by atoms with Crippen molar-refractivity contribution in [2.24, 2.45) is 4.99 Å². The summed E-state index contributed by atoms with van der Waals surface area (Å²) in [5.74, 6) is 1.55. The number of para-hydroxylation sites is 1. The molecule has 2 aromatic rings. The minimum Gasteiger partial charge on any atom is -0.496 e. The number of nitrogens with one attached hydrogen (secondary N) is 3. The molecule has 0 heterocycles. The molecule has 0 aliphatic carbocycles. The van der Waals surface area contributed by atoms with E-state index in [-0.39, 0.29) is 5.91 Å². The Balaban J connectivity index is 1.77. The molecule has 0 saturated heterocycles. The van der Waals surface area contributed by atoms with E-state index in [2.05, 4.69) is 20.9 Å². The van der Waals surface area contributed by atoms with E-state index in [0.717, 1.165) is 30.2 Å². The molecular formula is C21H28N4O2. The van der Waals surface area contributed by atoms with Gasteiger partial charge >= 0.3 is 0 Å². The van der Waals surface area contributed by atoms with E-state index < -0.39 is 0 Å². The molecule has 0 aliphatic heterocycles. The van der Waals surface area contributed by atoms with Gasteiger partial charge in [-0.05, 0) is 37.1 Å². The molecule has 0 unspecified atom stereocenters. The molecule has 2 rings (SSSR count). The van der Waals surface area contributed by atoms with Crippen molar-refractivity contribution in [2.45, 2.75) is 13.3 Å². The van der Waals surface area contributed by atoms with E-state index in [4.69, 9.17) is 4.74 Å². The van der Waals surface area contributed by atoms with Gasteiger partial charge in [0, 0.05) is 31.7 Å². The monoisotopic (exact) mass is 368 g/mol. The highest BCUT2D eigenvalue weighted by atomic mass is 16.5. The number of hydrogen-bond donors (Lipinski definition) is 3. The highest BCUT2D eigenvalue weighted by Gasteiger charge is 2.04. The third-order valence-corrected chi connectivity index (χ3v) is 3.93. The maximum absolute atomic E-state index is 12.0. The van der Waals surface area contributed by atoms with E-state index in [1.54, 1.807) is 19.2 Å². The molecule has 0 aliphatic rings. The fraction of sp³-hybridized carbons (Fsp3) is 0.333. The molecule has 144 valence electrons. The summed E-state index contributed by atoms with van der Waals surface area (Å²) in [4.78, 5) is 16.6. The SMILES string of the molecule is CCNC(=NCCc1ccccc1OC)NCCNC(=O)c1ccccc1. The quantitative estimate of drug-likeness (QED) is 0.360. The van der Waals surface area contributed by atoms with Gasteiger partial charge in [0.05, 0.1) is 7.11 Å². The lowest BCUT2D eigenvalue weighted by molar-refractivity contribution is 0.0954. The zero-order chi connectivity index (χ0) is 19.3. The van der Waals surface area contributed by atoms with Gasteiger partial charge in [-0.25, -0.2) is 0 Å². The summed E-state index contributed by atoms with van der Waals surface area (Å²) in [5.41, 5.74) is 1.80. The highest BCUT2D eigenvalue weighted by Crippen LogP contribution is 2.17. The van der Waals surface area contributed by atoms with Crippen molar-refractivity contribution in [3.05, 3.63) is 65.7 Å². The number of ether oxygens (including phenoxy) is 1. The molecule has 6 nitrogen and oxygen atoms in total. The van der Waals surface area contributed by atoms with E-state index in [0.29, 0.717) is 25.2 Å². The summed E-state index contributed by atoms with van der Waals surface area (Å²) in [5, 5.41) is 9.34. The van der Waals surface area contributed by atoms with E-state index >= 15 is 0 Å². The van der Waals surface area contributed by atoms with Crippen molar-refractivity contribution in [3.63, 3.8) is 0 Å². The molecular weight excluding hydrogens is 340 g/mol. The Morgan fingerprint density at radius 3 is 2.41 bits per heavy atom. The van der Waals surface area contributed by atoms with Gasteiger partial charge in [-0.1, -0.05) is 36.4 Å². The van der Waals surface area contributed by atoms with Gasteiger partial charge in [-0.15, -0.1) is 0 Å². The van der Waals surface area contributed by atoms with E-state index in [1.165, 1.54) is 0 Å². The average molecular weight is 368 g/mol. The Hall–Kier alpha value is -3.02. The minimum atomic E-state index is -0.0736. The van der Waals surface area contributed by atoms with E-state index in [9.17, 15) is 4.79 Å². The predicted octanol–water partition coefficient (Wildman–Crippen LogP) is 2.22. The topological polar surface area (TPSA) is 74.8 Å². The molecule has 3 N–H and O–H groups in total. The summed E-state index contributed by atoms with van der Waals surface area (Å²) in [7, 11) is 1.68. The van der Waals surface area contributed by atoms with Crippen LogP contribution >= 0.6 is 0 Å². The largest absolute Gasteiger partial charge is 0.496 e. The highest BCUT2D eigenvalue weighted by molar-refractivity contribution is 5.94. The Bertz CT molecular complexity index is 732. The number of carbonyl (C=O) groups excluding carboxylic acids is 1. The lowest BCUT2D eigenvalue weighted by Crippen LogP contribution is -2.41. The Morgan fingerprint density at radius 2 is 1.67 bits per heavy atom. The lowest BCUT2D eigenvalue weighted by atomic mass is 10.1. The molecule has 0 saturated carbocycles. The number of rotatable bonds is 9. The molecule has 0 radical (unpaired) electrons. The second kappa shape index (κ2) is 11.6. The van der Waals surface area contributed by atoms with Gasteiger partial charge in [-0.2, -0.15) is 0 Å². The summed E-state index contributed by atoms with van der Waals surface area (Å²) >= 11 is 0. The lowest BCUT2D eigenvalue weighted by Gasteiger charge is -2.12. The Labute approximate surface area is 161 Å². The molecule has 2 aromatic carbocycles. The average Bonchev–Trinajstić information content (AvgIpc) is 2.72. The van der Waals surface area contributed by atoms with Crippen LogP contribution in [0.2, 0.25) is 0 Å². The van der Waals surface area contributed by atoms with Crippen LogP contribution in [0, 0.1) is 0 Å². The number of methoxy groups -OCH3 is 1. The maximum atomic E-state index is 12.0. The fourth-order valence-electron chi connectivity index (χ4n) is 2.59. The first-order chi connectivity index (χ1) is 13.2. The summed E-state index contributed by atoms with van der Waals surface area (Å²) in [6, 6.07) is 17.2. The van der Waals surface area contributed by atoms with Crippen LogP contribution < -0.4 is 20.7 Å². The number of carbonyl (C=O) groups is 1. The molecule has 1 amide bonds. The standard InChI is InChI=1S/C21H28N4O2/c1-3-22-21(24-14-13-17-9-7-8-12-19(17)27-2)25-16-15-23-20(26)18-10-5-4-6-11-18/h4-12H,3,13-16H2,1-2H3,(H,23,26)(H2,22,24,25). The molecule has 0 fully saturated rings. The van der Waals surface area contributed by atoms with Crippen LogP contribution in [0.25, 0.3) is 0 Å². The number of hydrogen-bond acceptors (Lipinski definition) is 3. The van der Waals surface area contributed by atoms with Crippen LogP contribution in [-0.4, -0.2) is 45.2 Å². The first kappa shape index (κ1) is 20.3. The number of amides is 1. The van der Waals surface area contributed by atoms with Crippen molar-refractivity contribution in [3.8, 4) is 5.75 Å². The minimum absolute atomic E-state index is 0.0736. The van der Waals surface area contributed by atoms with Crippen molar-refractivity contribution >= 4 is 11.9 Å². The summed E-state index contributed by atoms with van der Waals surface area (Å²) in [6.45, 7) is 4.56. The third kappa shape index (κ3) is 7.01. The predicted molar refractivity (Wildman–Crippen MR) is 109 cm³/mol. The summed E-state index contributed by atoms with van der Waals surface area (Å²) < 4.78 is 5.37. The van der Waals surface area contributed by atoms with Crippen LogP contribution in [0.1, 0.15) is 22.8 Å². The van der Waals surface area contributed by atoms with Gasteiger partial charge in [0.15, 0.2) is 5.96 Å².